The van der Waals surface area contributed by atoms with E-state index in [2.05, 4.69) is 38.1 Å². The van der Waals surface area contributed by atoms with Crippen molar-refractivity contribution in [2.75, 3.05) is 43.2 Å². The average molecular weight is 517 g/mol. The number of fused-ring (bicyclic) bond motifs is 2. The predicted molar refractivity (Wildman–Crippen MR) is 141 cm³/mol. The van der Waals surface area contributed by atoms with Crippen molar-refractivity contribution in [3.8, 4) is 11.4 Å². The van der Waals surface area contributed by atoms with E-state index in [0.717, 1.165) is 50.5 Å². The van der Waals surface area contributed by atoms with Gasteiger partial charge in [0.1, 0.15) is 0 Å². The highest BCUT2D eigenvalue weighted by Gasteiger charge is 2.21. The second kappa shape index (κ2) is 9.73. The summed E-state index contributed by atoms with van der Waals surface area (Å²) >= 11 is 1.65. The third-order valence-electron chi connectivity index (χ3n) is 6.26. The molecule has 1 saturated heterocycles. The van der Waals surface area contributed by atoms with E-state index in [0.29, 0.717) is 31.5 Å². The topological polar surface area (TPSA) is 132 Å². The van der Waals surface area contributed by atoms with Crippen LogP contribution in [-0.4, -0.2) is 69.4 Å². The summed E-state index contributed by atoms with van der Waals surface area (Å²) in [7, 11) is 1.89. The fourth-order valence-electron chi connectivity index (χ4n) is 4.36. The number of carbonyl (C=O) groups is 1. The van der Waals surface area contributed by atoms with Crippen molar-refractivity contribution in [3.63, 3.8) is 0 Å². The lowest BCUT2D eigenvalue weighted by molar-refractivity contribution is 0.0705. The van der Waals surface area contributed by atoms with Crippen LogP contribution in [0.25, 0.3) is 32.5 Å². The van der Waals surface area contributed by atoms with Crippen LogP contribution < -0.4 is 15.3 Å². The molecule has 37 heavy (non-hydrogen) atoms. The van der Waals surface area contributed by atoms with Crippen LogP contribution in [0.1, 0.15) is 15.2 Å². The quantitative estimate of drug-likeness (QED) is 0.230. The molecule has 1 amide bonds. The molecule has 0 unspecified atom stereocenters. The Bertz CT molecular complexity index is 1580. The monoisotopic (exact) mass is 516 g/mol. The number of carbonyl (C=O) groups excluding carboxylic acids is 1. The molecular weight excluding hydrogens is 492 g/mol. The number of anilines is 2. The number of amides is 1. The number of hydrogen-bond acceptors (Lipinski definition) is 10. The molecule has 0 aliphatic carbocycles. The zero-order valence-corrected chi connectivity index (χ0v) is 20.8. The molecule has 4 aromatic heterocycles. The van der Waals surface area contributed by atoms with Crippen LogP contribution in [0, 0.1) is 0 Å². The highest BCUT2D eigenvalue weighted by Crippen LogP contribution is 2.35. The van der Waals surface area contributed by atoms with Gasteiger partial charge in [-0.05, 0) is 30.3 Å². The molecule has 5 aromatic rings. The summed E-state index contributed by atoms with van der Waals surface area (Å²) < 4.78 is 6.61. The number of morpholine rings is 1. The maximum Gasteiger partial charge on any atom is 0.277 e. The molecule has 0 saturated carbocycles. The third-order valence-corrected chi connectivity index (χ3v) is 7.37. The van der Waals surface area contributed by atoms with Crippen LogP contribution in [0.4, 0.5) is 11.8 Å². The van der Waals surface area contributed by atoms with Gasteiger partial charge in [-0.15, -0.1) is 11.3 Å². The minimum atomic E-state index is -0.653. The summed E-state index contributed by atoms with van der Waals surface area (Å²) in [6.45, 7) is 3.44. The van der Waals surface area contributed by atoms with Crippen molar-refractivity contribution in [1.82, 2.24) is 30.4 Å². The van der Waals surface area contributed by atoms with Crippen LogP contribution >= 0.6 is 11.3 Å². The summed E-state index contributed by atoms with van der Waals surface area (Å²) in [5.41, 5.74) is 4.70. The molecule has 3 N–H and O–H groups in total. The third kappa shape index (κ3) is 4.57. The van der Waals surface area contributed by atoms with Crippen LogP contribution in [0.2, 0.25) is 0 Å². The summed E-state index contributed by atoms with van der Waals surface area (Å²) in [5, 5.41) is 9.90. The fourth-order valence-corrected chi connectivity index (χ4v) is 5.52. The predicted octanol–water partition coefficient (Wildman–Crippen LogP) is 3.22. The molecule has 6 rings (SSSR count). The van der Waals surface area contributed by atoms with Crippen molar-refractivity contribution in [3.05, 3.63) is 59.4 Å². The van der Waals surface area contributed by atoms with Crippen molar-refractivity contribution >= 4 is 50.1 Å². The van der Waals surface area contributed by atoms with Crippen molar-refractivity contribution in [2.45, 2.75) is 6.54 Å². The Hall–Kier alpha value is -4.13. The Balaban J connectivity index is 1.35. The molecule has 1 aromatic carbocycles. The van der Waals surface area contributed by atoms with Gasteiger partial charge in [-0.1, -0.05) is 0 Å². The number of nitrogens with one attached hydrogen (secondary N) is 2. The van der Waals surface area contributed by atoms with E-state index in [1.165, 1.54) is 12.4 Å². The minimum Gasteiger partial charge on any atom is -0.378 e. The molecule has 5 heterocycles. The number of nitrogens with zero attached hydrogens (tertiary/aromatic N) is 6. The number of aromatic amines is 1. The van der Waals surface area contributed by atoms with Gasteiger partial charge in [-0.2, -0.15) is 0 Å². The molecule has 12 heteroatoms. The molecule has 1 fully saturated rings. The Kier molecular flexibility index (Phi) is 6.12. The Morgan fingerprint density at radius 2 is 2.00 bits per heavy atom. The molecule has 0 spiro atoms. The average Bonchev–Trinajstić information content (AvgIpc) is 3.58. The highest BCUT2D eigenvalue weighted by molar-refractivity contribution is 7.19. The first-order chi connectivity index (χ1) is 18.1. The summed E-state index contributed by atoms with van der Waals surface area (Å²) in [4.78, 5) is 38.5. The van der Waals surface area contributed by atoms with Crippen LogP contribution in [0.15, 0.2) is 48.9 Å². The molecule has 11 nitrogen and oxygen atoms in total. The minimum absolute atomic E-state index is 0.178. The zero-order valence-electron chi connectivity index (χ0n) is 20.0. The van der Waals surface area contributed by atoms with Gasteiger partial charge in [-0.25, -0.2) is 25.4 Å². The van der Waals surface area contributed by atoms with Gasteiger partial charge in [-0.3, -0.25) is 10.0 Å². The van der Waals surface area contributed by atoms with Crippen LogP contribution in [0.5, 0.6) is 0 Å². The summed E-state index contributed by atoms with van der Waals surface area (Å²) in [6, 6.07) is 10.3. The Morgan fingerprint density at radius 3 is 2.78 bits per heavy atom. The first-order valence-electron chi connectivity index (χ1n) is 11.8. The Labute approximate surface area is 215 Å². The number of hydrogen-bond donors (Lipinski definition) is 3. The molecule has 1 aliphatic heterocycles. The van der Waals surface area contributed by atoms with Crippen molar-refractivity contribution < 1.29 is 14.7 Å². The van der Waals surface area contributed by atoms with E-state index in [1.807, 2.05) is 30.3 Å². The van der Waals surface area contributed by atoms with Gasteiger partial charge < -0.3 is 19.5 Å². The largest absolute Gasteiger partial charge is 0.378 e. The summed E-state index contributed by atoms with van der Waals surface area (Å²) in [5.74, 6) is 1.43. The lowest BCUT2D eigenvalue weighted by atomic mass is 10.1. The van der Waals surface area contributed by atoms with E-state index in [1.54, 1.807) is 16.8 Å². The molecule has 1 aliphatic rings. The van der Waals surface area contributed by atoms with Gasteiger partial charge in [0.2, 0.25) is 5.95 Å². The molecule has 0 bridgehead atoms. The van der Waals surface area contributed by atoms with Gasteiger partial charge >= 0.3 is 0 Å². The number of hydroxylamine groups is 1. The number of benzene rings is 1. The zero-order chi connectivity index (χ0) is 25.4. The van der Waals surface area contributed by atoms with E-state index >= 15 is 0 Å². The number of thiophene rings is 1. The van der Waals surface area contributed by atoms with E-state index < -0.39 is 5.91 Å². The van der Waals surface area contributed by atoms with Gasteiger partial charge in [0.05, 0.1) is 35.5 Å². The highest BCUT2D eigenvalue weighted by atomic mass is 32.1. The molecule has 0 atom stereocenters. The van der Waals surface area contributed by atoms with Crippen molar-refractivity contribution in [1.29, 1.82) is 0 Å². The second-order valence-corrected chi connectivity index (χ2v) is 9.88. The van der Waals surface area contributed by atoms with Crippen LogP contribution in [-0.2, 0) is 11.3 Å². The summed E-state index contributed by atoms with van der Waals surface area (Å²) in [6.07, 6.45) is 4.69. The normalized spacial score (nSPS) is 13.8. The van der Waals surface area contributed by atoms with Crippen LogP contribution in [0.3, 0.4) is 0 Å². The van der Waals surface area contributed by atoms with Gasteiger partial charge in [0, 0.05) is 60.1 Å². The fraction of sp³-hybridized carbons (Fsp3) is 0.240. The van der Waals surface area contributed by atoms with E-state index in [4.69, 9.17) is 19.9 Å². The number of rotatable bonds is 6. The number of H-pyrrole nitrogens is 1. The van der Waals surface area contributed by atoms with Gasteiger partial charge in [0.25, 0.3) is 5.91 Å². The smallest absolute Gasteiger partial charge is 0.277 e. The standard InChI is InChI=1S/C25H24N8O3S/c1-32(25-27-12-17(13-28-25)24(34)31-35)14-18-11-20-21(37-18)23(33-6-8-36-9-7-33)30-22(29-20)16-2-3-19-15(10-16)4-5-26-19/h2-5,10-13,26,35H,6-9,14H2,1H3,(H,31,34). The number of aromatic nitrogens is 5. The van der Waals surface area contributed by atoms with Gasteiger partial charge in [0.15, 0.2) is 11.6 Å². The maximum absolute atomic E-state index is 11.5. The SMILES string of the molecule is CN(Cc1cc2nc(-c3ccc4[nH]ccc4c3)nc(N3CCOCC3)c2s1)c1ncc(C(=O)NO)cn1. The second-order valence-electron chi connectivity index (χ2n) is 8.75. The van der Waals surface area contributed by atoms with E-state index in [9.17, 15) is 4.79 Å². The molecular formula is C25H24N8O3S. The lowest BCUT2D eigenvalue weighted by Gasteiger charge is -2.28. The first kappa shape index (κ1) is 23.3. The lowest BCUT2D eigenvalue weighted by Crippen LogP contribution is -2.36. The van der Waals surface area contributed by atoms with Crippen molar-refractivity contribution in [2.24, 2.45) is 0 Å². The Morgan fingerprint density at radius 1 is 1.19 bits per heavy atom. The number of ether oxygens (including phenoxy) is 1. The maximum atomic E-state index is 11.5. The molecule has 0 radical (unpaired) electrons. The molecule has 188 valence electrons. The van der Waals surface area contributed by atoms with E-state index in [-0.39, 0.29) is 5.56 Å². The first-order valence-corrected chi connectivity index (χ1v) is 12.6.